The largest absolute Gasteiger partial charge is 0.354 e. The smallest absolute Gasteiger partial charge is 0.237 e. The van der Waals surface area contributed by atoms with Crippen molar-refractivity contribution in [2.24, 2.45) is 5.92 Å². The van der Waals surface area contributed by atoms with Crippen molar-refractivity contribution in [2.45, 2.75) is 45.6 Å². The number of nitrogens with zero attached hydrogens (tertiary/aromatic N) is 1. The molecule has 1 fully saturated rings. The van der Waals surface area contributed by atoms with Crippen LogP contribution in [0.15, 0.2) is 30.3 Å². The van der Waals surface area contributed by atoms with Crippen LogP contribution in [-0.2, 0) is 4.79 Å². The van der Waals surface area contributed by atoms with Gasteiger partial charge in [0.05, 0.1) is 6.04 Å². The van der Waals surface area contributed by atoms with Crippen molar-refractivity contribution in [1.29, 1.82) is 0 Å². The number of nitrogens with one attached hydrogen (secondary N) is 1. The molecule has 3 heteroatoms. The monoisotopic (exact) mass is 288 g/mol. The van der Waals surface area contributed by atoms with Gasteiger partial charge in [-0.25, -0.2) is 0 Å². The fourth-order valence-electron chi connectivity index (χ4n) is 2.88. The molecule has 1 aliphatic heterocycles. The van der Waals surface area contributed by atoms with Crippen LogP contribution in [0.5, 0.6) is 0 Å². The van der Waals surface area contributed by atoms with E-state index in [1.165, 1.54) is 18.4 Å². The molecule has 2 rings (SSSR count). The molecule has 0 aliphatic carbocycles. The lowest BCUT2D eigenvalue weighted by Gasteiger charge is -2.34. The first-order valence-corrected chi connectivity index (χ1v) is 8.14. The van der Waals surface area contributed by atoms with Crippen LogP contribution < -0.4 is 5.32 Å². The lowest BCUT2D eigenvalue weighted by molar-refractivity contribution is -0.126. The predicted molar refractivity (Wildman–Crippen MR) is 87.3 cm³/mol. The molecule has 1 saturated heterocycles. The second-order valence-corrected chi connectivity index (χ2v) is 6.45. The highest BCUT2D eigenvalue weighted by Crippen LogP contribution is 2.18. The van der Waals surface area contributed by atoms with E-state index in [1.807, 2.05) is 25.1 Å². The quantitative estimate of drug-likeness (QED) is 0.903. The van der Waals surface area contributed by atoms with Crippen LogP contribution in [0.2, 0.25) is 0 Å². The molecule has 0 aromatic heterocycles. The number of piperidine rings is 1. The molecule has 2 unspecified atom stereocenters. The molecule has 0 spiro atoms. The average Bonchev–Trinajstić information content (AvgIpc) is 2.53. The number of amides is 1. The minimum atomic E-state index is -0.0135. The van der Waals surface area contributed by atoms with Gasteiger partial charge in [-0.05, 0) is 50.3 Å². The average molecular weight is 288 g/mol. The van der Waals surface area contributed by atoms with Crippen molar-refractivity contribution in [3.63, 3.8) is 0 Å². The molecule has 0 radical (unpaired) electrons. The first kappa shape index (κ1) is 16.0. The number of carbonyl (C=O) groups is 1. The van der Waals surface area contributed by atoms with E-state index in [2.05, 4.69) is 36.2 Å². The van der Waals surface area contributed by atoms with Gasteiger partial charge >= 0.3 is 0 Å². The van der Waals surface area contributed by atoms with Crippen molar-refractivity contribution in [3.05, 3.63) is 35.9 Å². The maximum absolute atomic E-state index is 12.3. The van der Waals surface area contributed by atoms with Crippen LogP contribution in [-0.4, -0.2) is 36.5 Å². The molecule has 1 aromatic carbocycles. The van der Waals surface area contributed by atoms with Gasteiger partial charge < -0.3 is 5.32 Å². The highest BCUT2D eigenvalue weighted by atomic mass is 16.2. The van der Waals surface area contributed by atoms with Gasteiger partial charge in [-0.1, -0.05) is 44.2 Å². The van der Waals surface area contributed by atoms with Gasteiger partial charge in [-0.3, -0.25) is 9.69 Å². The molecule has 1 N–H and O–H groups in total. The number of hydrogen-bond donors (Lipinski definition) is 1. The van der Waals surface area contributed by atoms with Crippen molar-refractivity contribution in [3.8, 4) is 0 Å². The van der Waals surface area contributed by atoms with Crippen LogP contribution >= 0.6 is 0 Å². The minimum absolute atomic E-state index is 0.0135. The molecule has 21 heavy (non-hydrogen) atoms. The summed E-state index contributed by atoms with van der Waals surface area (Å²) in [5.41, 5.74) is 1.28. The summed E-state index contributed by atoms with van der Waals surface area (Å²) in [5, 5.41) is 3.11. The van der Waals surface area contributed by atoms with E-state index in [0.717, 1.165) is 19.0 Å². The Morgan fingerprint density at radius 2 is 1.86 bits per heavy atom. The van der Waals surface area contributed by atoms with E-state index in [9.17, 15) is 4.79 Å². The van der Waals surface area contributed by atoms with Gasteiger partial charge in [0.25, 0.3) is 0 Å². The predicted octanol–water partition coefficient (Wildman–Crippen LogP) is 3.03. The Balaban J connectivity index is 1.78. The lowest BCUT2D eigenvalue weighted by atomic mass is 9.98. The Morgan fingerprint density at radius 3 is 2.48 bits per heavy atom. The molecule has 0 saturated carbocycles. The van der Waals surface area contributed by atoms with Crippen molar-refractivity contribution in [1.82, 2.24) is 10.2 Å². The minimum Gasteiger partial charge on any atom is -0.354 e. The summed E-state index contributed by atoms with van der Waals surface area (Å²) in [7, 11) is 0. The standard InChI is InChI=1S/C18H28N2O/c1-14-9-11-20(12-10-14)16(3)18(21)19-13-15(2)17-7-5-4-6-8-17/h4-8,14-16H,9-13H2,1-3H3,(H,19,21). The number of benzene rings is 1. The summed E-state index contributed by atoms with van der Waals surface area (Å²) < 4.78 is 0. The molecule has 1 heterocycles. The lowest BCUT2D eigenvalue weighted by Crippen LogP contribution is -2.48. The Bertz CT molecular complexity index is 438. The molecule has 0 bridgehead atoms. The van der Waals surface area contributed by atoms with E-state index in [-0.39, 0.29) is 11.9 Å². The first-order chi connectivity index (χ1) is 10.1. The third kappa shape index (κ3) is 4.57. The third-order valence-electron chi connectivity index (χ3n) is 4.70. The highest BCUT2D eigenvalue weighted by Gasteiger charge is 2.25. The van der Waals surface area contributed by atoms with Crippen LogP contribution in [0.25, 0.3) is 0 Å². The first-order valence-electron chi connectivity index (χ1n) is 8.14. The summed E-state index contributed by atoms with van der Waals surface area (Å²) in [4.78, 5) is 14.6. The van der Waals surface area contributed by atoms with Crippen LogP contribution in [0.1, 0.15) is 45.1 Å². The molecule has 2 atom stereocenters. The Morgan fingerprint density at radius 1 is 1.24 bits per heavy atom. The summed E-state index contributed by atoms with van der Waals surface area (Å²) in [6.07, 6.45) is 2.41. The number of hydrogen-bond acceptors (Lipinski definition) is 2. The highest BCUT2D eigenvalue weighted by molar-refractivity contribution is 5.81. The van der Waals surface area contributed by atoms with Crippen molar-refractivity contribution >= 4 is 5.91 Å². The van der Waals surface area contributed by atoms with Gasteiger partial charge in [0.15, 0.2) is 0 Å². The molecule has 1 amide bonds. The number of rotatable bonds is 5. The second kappa shape index (κ2) is 7.60. The summed E-state index contributed by atoms with van der Waals surface area (Å²) in [6, 6.07) is 10.3. The van der Waals surface area contributed by atoms with Gasteiger partial charge in [0.1, 0.15) is 0 Å². The van der Waals surface area contributed by atoms with E-state index in [0.29, 0.717) is 12.5 Å². The van der Waals surface area contributed by atoms with Gasteiger partial charge in [0, 0.05) is 6.54 Å². The fraction of sp³-hybridized carbons (Fsp3) is 0.611. The Kier molecular flexibility index (Phi) is 5.80. The molecular weight excluding hydrogens is 260 g/mol. The number of likely N-dealkylation sites (tertiary alicyclic amines) is 1. The maximum Gasteiger partial charge on any atom is 0.237 e. The molecular formula is C18H28N2O. The second-order valence-electron chi connectivity index (χ2n) is 6.45. The molecule has 1 aromatic rings. The Labute approximate surface area is 128 Å². The van der Waals surface area contributed by atoms with Crippen LogP contribution in [0, 0.1) is 5.92 Å². The fourth-order valence-corrected chi connectivity index (χ4v) is 2.88. The topological polar surface area (TPSA) is 32.3 Å². The van der Waals surface area contributed by atoms with Gasteiger partial charge in [-0.2, -0.15) is 0 Å². The Hall–Kier alpha value is -1.35. The van der Waals surface area contributed by atoms with E-state index in [1.54, 1.807) is 0 Å². The molecule has 1 aliphatic rings. The zero-order valence-electron chi connectivity index (χ0n) is 13.5. The van der Waals surface area contributed by atoms with E-state index in [4.69, 9.17) is 0 Å². The normalized spacial score (nSPS) is 20.0. The summed E-state index contributed by atoms with van der Waals surface area (Å²) >= 11 is 0. The van der Waals surface area contributed by atoms with E-state index >= 15 is 0 Å². The van der Waals surface area contributed by atoms with Gasteiger partial charge in [0.2, 0.25) is 5.91 Å². The molecule has 116 valence electrons. The third-order valence-corrected chi connectivity index (χ3v) is 4.70. The van der Waals surface area contributed by atoms with E-state index < -0.39 is 0 Å². The van der Waals surface area contributed by atoms with Crippen LogP contribution in [0.3, 0.4) is 0 Å². The SMILES string of the molecule is CC1CCN(C(C)C(=O)NCC(C)c2ccccc2)CC1. The zero-order chi connectivity index (χ0) is 15.2. The summed E-state index contributed by atoms with van der Waals surface area (Å²) in [6.45, 7) is 9.27. The summed E-state index contributed by atoms with van der Waals surface area (Å²) in [5.74, 6) is 1.31. The zero-order valence-corrected chi connectivity index (χ0v) is 13.5. The van der Waals surface area contributed by atoms with Crippen molar-refractivity contribution < 1.29 is 4.79 Å². The number of carbonyl (C=O) groups excluding carboxylic acids is 1. The van der Waals surface area contributed by atoms with Crippen LogP contribution in [0.4, 0.5) is 0 Å². The van der Waals surface area contributed by atoms with Gasteiger partial charge in [-0.15, -0.1) is 0 Å². The van der Waals surface area contributed by atoms with Crippen molar-refractivity contribution in [2.75, 3.05) is 19.6 Å². The molecule has 3 nitrogen and oxygen atoms in total. The maximum atomic E-state index is 12.3.